The van der Waals surface area contributed by atoms with Crippen molar-refractivity contribution < 1.29 is 4.79 Å². The molecular formula is C14H20N2O. The molecule has 1 aromatic rings. The second-order valence-electron chi connectivity index (χ2n) is 4.88. The van der Waals surface area contributed by atoms with Crippen molar-refractivity contribution in [3.05, 3.63) is 29.8 Å². The molecule has 17 heavy (non-hydrogen) atoms. The monoisotopic (exact) mass is 232 g/mol. The summed E-state index contributed by atoms with van der Waals surface area (Å²) in [5.41, 5.74) is 1.81. The Balaban J connectivity index is 2.30. The fraction of sp³-hybridized carbons (Fsp3) is 0.500. The number of carbonyl (C=O) groups is 1. The average molecular weight is 232 g/mol. The van der Waals surface area contributed by atoms with Crippen LogP contribution in [-0.2, 0) is 0 Å². The predicted molar refractivity (Wildman–Crippen MR) is 70.4 cm³/mol. The van der Waals surface area contributed by atoms with Gasteiger partial charge >= 0.3 is 0 Å². The van der Waals surface area contributed by atoms with Gasteiger partial charge in [-0.05, 0) is 30.9 Å². The normalized spacial score (nSPS) is 21.6. The molecule has 1 aromatic carbocycles. The Morgan fingerprint density at radius 2 is 2.06 bits per heavy atom. The Kier molecular flexibility index (Phi) is 3.67. The second-order valence-corrected chi connectivity index (χ2v) is 4.88. The summed E-state index contributed by atoms with van der Waals surface area (Å²) in [6.07, 6.45) is 2.22. The summed E-state index contributed by atoms with van der Waals surface area (Å²) in [6, 6.07) is 7.81. The lowest BCUT2D eigenvalue weighted by molar-refractivity contribution is 0.0951. The zero-order valence-electron chi connectivity index (χ0n) is 10.6. The number of fused-ring (bicyclic) bond motifs is 1. The lowest BCUT2D eigenvalue weighted by atomic mass is 10.0. The van der Waals surface area contributed by atoms with Crippen LogP contribution in [0.3, 0.4) is 0 Å². The van der Waals surface area contributed by atoms with Gasteiger partial charge in [0.05, 0.1) is 5.56 Å². The van der Waals surface area contributed by atoms with Crippen LogP contribution < -0.4 is 10.2 Å². The van der Waals surface area contributed by atoms with Crippen molar-refractivity contribution >= 4 is 11.6 Å². The summed E-state index contributed by atoms with van der Waals surface area (Å²) in [7, 11) is 2.06. The molecule has 0 spiro atoms. The maximum Gasteiger partial charge on any atom is 0.253 e. The summed E-state index contributed by atoms with van der Waals surface area (Å²) in [4.78, 5) is 14.2. The molecule has 1 heterocycles. The molecule has 1 unspecified atom stereocenters. The van der Waals surface area contributed by atoms with Crippen LogP contribution in [0.4, 0.5) is 5.69 Å². The van der Waals surface area contributed by atoms with Gasteiger partial charge in [0.15, 0.2) is 0 Å². The third-order valence-electron chi connectivity index (χ3n) is 3.44. The highest BCUT2D eigenvalue weighted by Crippen LogP contribution is 2.21. The molecule has 0 aliphatic carbocycles. The number of nitrogens with one attached hydrogen (secondary N) is 1. The van der Waals surface area contributed by atoms with Crippen molar-refractivity contribution in [2.24, 2.45) is 5.92 Å². The summed E-state index contributed by atoms with van der Waals surface area (Å²) in [6.45, 7) is 4.02. The van der Waals surface area contributed by atoms with Gasteiger partial charge < -0.3 is 10.2 Å². The van der Waals surface area contributed by atoms with Gasteiger partial charge in [-0.2, -0.15) is 0 Å². The first kappa shape index (κ1) is 12.0. The molecule has 0 aromatic heterocycles. The minimum atomic E-state index is 0.0431. The van der Waals surface area contributed by atoms with Crippen LogP contribution in [0.1, 0.15) is 30.1 Å². The van der Waals surface area contributed by atoms with E-state index in [1.165, 1.54) is 6.42 Å². The largest absolute Gasteiger partial charge is 0.374 e. The van der Waals surface area contributed by atoms with E-state index in [0.717, 1.165) is 30.8 Å². The summed E-state index contributed by atoms with van der Waals surface area (Å²) in [5, 5.41) is 2.99. The van der Waals surface area contributed by atoms with Gasteiger partial charge in [0, 0.05) is 25.8 Å². The summed E-state index contributed by atoms with van der Waals surface area (Å²) < 4.78 is 0. The quantitative estimate of drug-likeness (QED) is 0.744. The van der Waals surface area contributed by atoms with Gasteiger partial charge in [0.2, 0.25) is 0 Å². The number of carbonyl (C=O) groups excluding carboxylic acids is 1. The van der Waals surface area contributed by atoms with Gasteiger partial charge in [-0.15, -0.1) is 0 Å². The Morgan fingerprint density at radius 1 is 1.29 bits per heavy atom. The topological polar surface area (TPSA) is 32.3 Å². The highest BCUT2D eigenvalue weighted by Gasteiger charge is 2.16. The molecule has 92 valence electrons. The predicted octanol–water partition coefficient (Wildman–Crippen LogP) is 2.28. The molecule has 0 bridgehead atoms. The average Bonchev–Trinajstić information content (AvgIpc) is 2.35. The van der Waals surface area contributed by atoms with E-state index >= 15 is 0 Å². The fourth-order valence-corrected chi connectivity index (χ4v) is 2.20. The first-order valence-electron chi connectivity index (χ1n) is 6.27. The van der Waals surface area contributed by atoms with E-state index in [-0.39, 0.29) is 5.91 Å². The van der Waals surface area contributed by atoms with Crippen molar-refractivity contribution in [2.75, 3.05) is 25.0 Å². The lowest BCUT2D eigenvalue weighted by Gasteiger charge is -2.25. The maximum atomic E-state index is 12.0. The van der Waals surface area contributed by atoms with E-state index in [2.05, 4.69) is 24.2 Å². The molecule has 1 atom stereocenters. The van der Waals surface area contributed by atoms with Crippen molar-refractivity contribution in [1.82, 2.24) is 5.32 Å². The number of rotatable bonds is 0. The van der Waals surface area contributed by atoms with Gasteiger partial charge in [-0.1, -0.05) is 19.1 Å². The van der Waals surface area contributed by atoms with E-state index < -0.39 is 0 Å². The van der Waals surface area contributed by atoms with Crippen LogP contribution in [-0.4, -0.2) is 26.0 Å². The Bertz CT molecular complexity index is 403. The van der Waals surface area contributed by atoms with Crippen molar-refractivity contribution in [3.63, 3.8) is 0 Å². The van der Waals surface area contributed by atoms with E-state index in [0.29, 0.717) is 5.92 Å². The SMILES string of the molecule is CC1CCNC(=O)c2ccccc2N(C)CC1. The minimum Gasteiger partial charge on any atom is -0.374 e. The van der Waals surface area contributed by atoms with Gasteiger partial charge in [-0.3, -0.25) is 4.79 Å². The van der Waals surface area contributed by atoms with Crippen LogP contribution in [0.2, 0.25) is 0 Å². The first-order valence-corrected chi connectivity index (χ1v) is 6.27. The third kappa shape index (κ3) is 2.78. The lowest BCUT2D eigenvalue weighted by Crippen LogP contribution is -2.31. The highest BCUT2D eigenvalue weighted by molar-refractivity contribution is 5.99. The van der Waals surface area contributed by atoms with E-state index in [1.54, 1.807) is 0 Å². The van der Waals surface area contributed by atoms with E-state index in [4.69, 9.17) is 0 Å². The summed E-state index contributed by atoms with van der Waals surface area (Å²) in [5.74, 6) is 0.699. The molecule has 1 aliphatic rings. The first-order chi connectivity index (χ1) is 8.18. The van der Waals surface area contributed by atoms with Crippen molar-refractivity contribution in [2.45, 2.75) is 19.8 Å². The van der Waals surface area contributed by atoms with Crippen LogP contribution in [0.15, 0.2) is 24.3 Å². The molecule has 0 radical (unpaired) electrons. The number of anilines is 1. The second kappa shape index (κ2) is 5.21. The summed E-state index contributed by atoms with van der Waals surface area (Å²) >= 11 is 0. The highest BCUT2D eigenvalue weighted by atomic mass is 16.1. The van der Waals surface area contributed by atoms with Crippen LogP contribution >= 0.6 is 0 Å². The molecule has 0 saturated heterocycles. The number of nitrogens with zero attached hydrogens (tertiary/aromatic N) is 1. The molecule has 1 N–H and O–H groups in total. The molecule has 3 heteroatoms. The van der Waals surface area contributed by atoms with E-state index in [9.17, 15) is 4.79 Å². The van der Waals surface area contributed by atoms with Gasteiger partial charge in [0.1, 0.15) is 0 Å². The van der Waals surface area contributed by atoms with Crippen LogP contribution in [0, 0.1) is 5.92 Å². The number of amides is 1. The molecule has 0 fully saturated rings. The maximum absolute atomic E-state index is 12.0. The number of benzene rings is 1. The number of para-hydroxylation sites is 1. The Labute approximate surface area is 103 Å². The van der Waals surface area contributed by atoms with Crippen molar-refractivity contribution in [1.29, 1.82) is 0 Å². The van der Waals surface area contributed by atoms with Crippen LogP contribution in [0.25, 0.3) is 0 Å². The van der Waals surface area contributed by atoms with Crippen molar-refractivity contribution in [3.8, 4) is 0 Å². The van der Waals surface area contributed by atoms with Crippen LogP contribution in [0.5, 0.6) is 0 Å². The molecular weight excluding hydrogens is 212 g/mol. The zero-order chi connectivity index (χ0) is 12.3. The molecule has 3 nitrogen and oxygen atoms in total. The Morgan fingerprint density at radius 3 is 2.88 bits per heavy atom. The molecule has 0 saturated carbocycles. The molecule has 1 aliphatic heterocycles. The Hall–Kier alpha value is -1.51. The number of hydrogen-bond acceptors (Lipinski definition) is 2. The minimum absolute atomic E-state index is 0.0431. The number of hydrogen-bond donors (Lipinski definition) is 1. The smallest absolute Gasteiger partial charge is 0.253 e. The van der Waals surface area contributed by atoms with E-state index in [1.807, 2.05) is 24.3 Å². The third-order valence-corrected chi connectivity index (χ3v) is 3.44. The molecule has 1 amide bonds. The standard InChI is InChI=1S/C14H20N2O/c1-11-7-9-15-14(17)12-5-3-4-6-13(12)16(2)10-8-11/h3-6,11H,7-10H2,1-2H3,(H,15,17). The van der Waals surface area contributed by atoms with Gasteiger partial charge in [0.25, 0.3) is 5.91 Å². The zero-order valence-corrected chi connectivity index (χ0v) is 10.6. The van der Waals surface area contributed by atoms with Gasteiger partial charge in [-0.25, -0.2) is 0 Å². The molecule has 2 rings (SSSR count). The fourth-order valence-electron chi connectivity index (χ4n) is 2.20.